The lowest BCUT2D eigenvalue weighted by Gasteiger charge is -2.45. The molecule has 0 aliphatic heterocycles. The molecule has 0 spiro atoms. The minimum absolute atomic E-state index is 0.0704. The first-order chi connectivity index (χ1) is 12.6. The molecule has 1 unspecified atom stereocenters. The maximum Gasteiger partial charge on any atom is 0.311 e. The summed E-state index contributed by atoms with van der Waals surface area (Å²) in [6.07, 6.45) is 1.95. The van der Waals surface area contributed by atoms with Gasteiger partial charge in [0.2, 0.25) is 0 Å². The maximum absolute atomic E-state index is 12.5. The van der Waals surface area contributed by atoms with Crippen LogP contribution in [0, 0.1) is 16.7 Å². The number of allylic oxidation sites excluding steroid dienone is 1. The van der Waals surface area contributed by atoms with Crippen LogP contribution in [0.5, 0.6) is 10.8 Å². The summed E-state index contributed by atoms with van der Waals surface area (Å²) in [6.45, 7) is 7.55. The molecular weight excluding hydrogens is 403 g/mol. The summed E-state index contributed by atoms with van der Waals surface area (Å²) in [5.41, 5.74) is -0.979. The SMILES string of the molecule is CC(C)C(Cc1cccc(Oc2cccs2)c1)(C(=O)O)C(C)(C)C=C(Cl)Cl. The van der Waals surface area contributed by atoms with Crippen molar-refractivity contribution in [1.29, 1.82) is 0 Å². The smallest absolute Gasteiger partial charge is 0.311 e. The van der Waals surface area contributed by atoms with Gasteiger partial charge in [-0.15, -0.1) is 11.3 Å². The Balaban J connectivity index is 2.44. The van der Waals surface area contributed by atoms with Crippen molar-refractivity contribution in [3.63, 3.8) is 0 Å². The zero-order chi connectivity index (χ0) is 20.2. The highest BCUT2D eigenvalue weighted by molar-refractivity contribution is 7.11. The highest BCUT2D eigenvalue weighted by Gasteiger charge is 2.52. The molecule has 0 amide bonds. The largest absolute Gasteiger partial charge is 0.481 e. The van der Waals surface area contributed by atoms with E-state index in [4.69, 9.17) is 27.9 Å². The third-order valence-electron chi connectivity index (χ3n) is 5.08. The lowest BCUT2D eigenvalue weighted by Crippen LogP contribution is -2.49. The van der Waals surface area contributed by atoms with Gasteiger partial charge in [-0.05, 0) is 53.6 Å². The summed E-state index contributed by atoms with van der Waals surface area (Å²) in [4.78, 5) is 12.5. The monoisotopic (exact) mass is 426 g/mol. The van der Waals surface area contributed by atoms with Crippen molar-refractivity contribution >= 4 is 40.5 Å². The van der Waals surface area contributed by atoms with Crippen LogP contribution in [0.15, 0.2) is 52.3 Å². The number of ether oxygens (including phenoxy) is 1. The number of rotatable bonds is 8. The molecule has 0 aliphatic carbocycles. The van der Waals surface area contributed by atoms with Crippen molar-refractivity contribution in [2.45, 2.75) is 34.1 Å². The van der Waals surface area contributed by atoms with E-state index in [0.717, 1.165) is 10.6 Å². The minimum Gasteiger partial charge on any atom is -0.481 e. The molecule has 0 radical (unpaired) electrons. The Hall–Kier alpha value is -1.49. The predicted octanol–water partition coefficient (Wildman–Crippen LogP) is 7.16. The Bertz CT molecular complexity index is 809. The molecule has 0 saturated carbocycles. The number of aliphatic carboxylic acids is 1. The van der Waals surface area contributed by atoms with Crippen molar-refractivity contribution in [1.82, 2.24) is 0 Å². The van der Waals surface area contributed by atoms with Gasteiger partial charge in [-0.1, -0.05) is 63.0 Å². The fourth-order valence-electron chi connectivity index (χ4n) is 3.65. The molecule has 1 aromatic carbocycles. The molecule has 0 bridgehead atoms. The summed E-state index contributed by atoms with van der Waals surface area (Å²) in [5.74, 6) is -0.351. The highest BCUT2D eigenvalue weighted by atomic mass is 35.5. The average Bonchev–Trinajstić information content (AvgIpc) is 3.03. The standard InChI is InChI=1S/C21H24Cl2O3S/c1-14(2)21(19(24)25,20(3,4)13-17(22)23)12-15-7-5-8-16(11-15)26-18-9-6-10-27-18/h5-11,13-14H,12H2,1-4H3,(H,24,25). The van der Waals surface area contributed by atoms with E-state index in [1.54, 1.807) is 6.08 Å². The number of hydrogen-bond donors (Lipinski definition) is 1. The van der Waals surface area contributed by atoms with Gasteiger partial charge in [0.15, 0.2) is 5.06 Å². The fourth-order valence-corrected chi connectivity index (χ4v) is 4.79. The van der Waals surface area contributed by atoms with Crippen LogP contribution >= 0.6 is 34.5 Å². The summed E-state index contributed by atoms with van der Waals surface area (Å²) < 4.78 is 5.93. The van der Waals surface area contributed by atoms with Crippen molar-refractivity contribution in [2.75, 3.05) is 0 Å². The van der Waals surface area contributed by atoms with Crippen molar-refractivity contribution in [3.8, 4) is 10.8 Å². The van der Waals surface area contributed by atoms with E-state index < -0.39 is 16.8 Å². The zero-order valence-electron chi connectivity index (χ0n) is 15.8. The van der Waals surface area contributed by atoms with E-state index >= 15 is 0 Å². The first-order valence-electron chi connectivity index (χ1n) is 8.66. The molecule has 1 heterocycles. The van der Waals surface area contributed by atoms with Crippen LogP contribution < -0.4 is 4.74 Å². The average molecular weight is 427 g/mol. The molecule has 1 N–H and O–H groups in total. The molecule has 2 rings (SSSR count). The van der Waals surface area contributed by atoms with Crippen LogP contribution in [-0.4, -0.2) is 11.1 Å². The summed E-state index contributed by atoms with van der Waals surface area (Å²) in [7, 11) is 0. The van der Waals surface area contributed by atoms with Crippen LogP contribution in [0.3, 0.4) is 0 Å². The second-order valence-corrected chi connectivity index (χ2v) is 9.36. The summed E-state index contributed by atoms with van der Waals surface area (Å²) in [5, 5.41) is 13.0. The molecule has 27 heavy (non-hydrogen) atoms. The van der Waals surface area contributed by atoms with Gasteiger partial charge in [0.1, 0.15) is 10.2 Å². The number of halogens is 2. The third-order valence-corrected chi connectivity index (χ3v) is 6.05. The van der Waals surface area contributed by atoms with Gasteiger partial charge < -0.3 is 9.84 Å². The number of benzene rings is 1. The van der Waals surface area contributed by atoms with Crippen molar-refractivity contribution < 1.29 is 14.6 Å². The van der Waals surface area contributed by atoms with Crippen LogP contribution in [0.25, 0.3) is 0 Å². The molecule has 0 saturated heterocycles. The number of carboxylic acids is 1. The first-order valence-corrected chi connectivity index (χ1v) is 10.3. The Morgan fingerprint density at radius 2 is 1.96 bits per heavy atom. The van der Waals surface area contributed by atoms with Gasteiger partial charge in [-0.3, -0.25) is 4.79 Å². The van der Waals surface area contributed by atoms with E-state index in [-0.39, 0.29) is 10.4 Å². The molecule has 6 heteroatoms. The summed E-state index contributed by atoms with van der Waals surface area (Å²) >= 11 is 13.3. The van der Waals surface area contributed by atoms with Gasteiger partial charge in [0, 0.05) is 5.41 Å². The Labute approximate surface area is 174 Å². The molecular formula is C21H24Cl2O3S. The van der Waals surface area contributed by atoms with Crippen LogP contribution in [0.1, 0.15) is 33.3 Å². The molecule has 1 atom stereocenters. The number of carbonyl (C=O) groups is 1. The van der Waals surface area contributed by atoms with Gasteiger partial charge in [0.25, 0.3) is 0 Å². The predicted molar refractivity (Wildman–Crippen MR) is 113 cm³/mol. The van der Waals surface area contributed by atoms with E-state index in [1.807, 2.05) is 69.5 Å². The van der Waals surface area contributed by atoms with Gasteiger partial charge >= 0.3 is 5.97 Å². The van der Waals surface area contributed by atoms with E-state index in [0.29, 0.717) is 12.2 Å². The third kappa shape index (κ3) is 4.87. The maximum atomic E-state index is 12.5. The van der Waals surface area contributed by atoms with Gasteiger partial charge in [-0.25, -0.2) is 0 Å². The summed E-state index contributed by atoms with van der Waals surface area (Å²) in [6, 6.07) is 11.4. The van der Waals surface area contributed by atoms with Crippen LogP contribution in [0.2, 0.25) is 0 Å². The van der Waals surface area contributed by atoms with Crippen LogP contribution in [-0.2, 0) is 11.2 Å². The Morgan fingerprint density at radius 1 is 1.26 bits per heavy atom. The van der Waals surface area contributed by atoms with Gasteiger partial charge in [-0.2, -0.15) is 0 Å². The minimum atomic E-state index is -1.09. The van der Waals surface area contributed by atoms with Crippen LogP contribution in [0.4, 0.5) is 0 Å². The molecule has 0 fully saturated rings. The molecule has 0 aliphatic rings. The van der Waals surface area contributed by atoms with Crippen molar-refractivity contribution in [3.05, 3.63) is 57.9 Å². The Kier molecular flexibility index (Phi) is 7.01. The highest BCUT2D eigenvalue weighted by Crippen LogP contribution is 2.50. The normalized spacial score (nSPS) is 13.9. The van der Waals surface area contributed by atoms with E-state index in [1.165, 1.54) is 11.3 Å². The number of hydrogen-bond acceptors (Lipinski definition) is 3. The molecule has 1 aromatic heterocycles. The second kappa shape index (κ2) is 8.68. The van der Waals surface area contributed by atoms with E-state index in [2.05, 4.69) is 0 Å². The zero-order valence-corrected chi connectivity index (χ0v) is 18.2. The van der Waals surface area contributed by atoms with E-state index in [9.17, 15) is 9.90 Å². The molecule has 146 valence electrons. The Morgan fingerprint density at radius 3 is 2.48 bits per heavy atom. The van der Waals surface area contributed by atoms with Gasteiger partial charge in [0.05, 0.1) is 5.41 Å². The lowest BCUT2D eigenvalue weighted by molar-refractivity contribution is -0.159. The topological polar surface area (TPSA) is 46.5 Å². The number of carboxylic acid groups (broad SMARTS) is 1. The molecule has 3 nitrogen and oxygen atoms in total. The lowest BCUT2D eigenvalue weighted by atomic mass is 9.57. The van der Waals surface area contributed by atoms with Crippen molar-refractivity contribution in [2.24, 2.45) is 16.7 Å². The fraction of sp³-hybridized carbons (Fsp3) is 0.381. The number of thiophene rings is 1. The quantitative estimate of drug-likeness (QED) is 0.486. The second-order valence-electron chi connectivity index (χ2n) is 7.45. The molecule has 2 aromatic rings. The first kappa shape index (κ1) is 21.8.